The van der Waals surface area contributed by atoms with Crippen LogP contribution in [0.5, 0.6) is 0 Å². The Balaban J connectivity index is 2.55. The van der Waals surface area contributed by atoms with E-state index in [1.165, 1.54) is 4.31 Å². The van der Waals surface area contributed by atoms with E-state index in [-0.39, 0.29) is 24.0 Å². The van der Waals surface area contributed by atoms with Crippen molar-refractivity contribution in [2.75, 3.05) is 18.8 Å². The molecule has 0 bridgehead atoms. The largest absolute Gasteiger partial charge is 0.481 e. The summed E-state index contributed by atoms with van der Waals surface area (Å²) in [5.74, 6) is -1.01. The molecule has 0 radical (unpaired) electrons. The number of hydrogen-bond donors (Lipinski definition) is 1. The van der Waals surface area contributed by atoms with E-state index in [4.69, 9.17) is 5.11 Å². The highest BCUT2D eigenvalue weighted by Gasteiger charge is 2.32. The first-order chi connectivity index (χ1) is 7.73. The fourth-order valence-electron chi connectivity index (χ4n) is 2.14. The van der Waals surface area contributed by atoms with E-state index < -0.39 is 16.0 Å². The molecule has 1 heterocycles. The van der Waals surface area contributed by atoms with Crippen molar-refractivity contribution in [2.45, 2.75) is 39.5 Å². The van der Waals surface area contributed by atoms with Gasteiger partial charge in [-0.1, -0.05) is 13.8 Å². The van der Waals surface area contributed by atoms with Crippen LogP contribution in [0.2, 0.25) is 0 Å². The maximum absolute atomic E-state index is 12.0. The van der Waals surface area contributed by atoms with Gasteiger partial charge in [-0.05, 0) is 24.7 Å². The molecule has 5 nitrogen and oxygen atoms in total. The fourth-order valence-corrected chi connectivity index (χ4v) is 3.86. The van der Waals surface area contributed by atoms with E-state index >= 15 is 0 Å². The second-order valence-electron chi connectivity index (χ2n) is 5.41. The normalized spacial score (nSPS) is 21.3. The molecule has 100 valence electrons. The number of carboxylic acids is 1. The molecule has 0 saturated carbocycles. The van der Waals surface area contributed by atoms with Gasteiger partial charge in [-0.3, -0.25) is 4.79 Å². The Morgan fingerprint density at radius 1 is 1.41 bits per heavy atom. The Morgan fingerprint density at radius 3 is 2.59 bits per heavy atom. The summed E-state index contributed by atoms with van der Waals surface area (Å²) in [7, 11) is -3.28. The Morgan fingerprint density at radius 2 is 2.06 bits per heavy atom. The molecule has 1 saturated heterocycles. The van der Waals surface area contributed by atoms with E-state index in [0.29, 0.717) is 13.1 Å². The molecule has 0 atom stereocenters. The fraction of sp³-hybridized carbons (Fsp3) is 0.909. The maximum atomic E-state index is 12.0. The minimum Gasteiger partial charge on any atom is -0.481 e. The summed E-state index contributed by atoms with van der Waals surface area (Å²) >= 11 is 0. The van der Waals surface area contributed by atoms with E-state index in [1.54, 1.807) is 0 Å². The predicted molar refractivity (Wildman–Crippen MR) is 65.2 cm³/mol. The first-order valence-corrected chi connectivity index (χ1v) is 7.53. The molecule has 0 spiro atoms. The van der Waals surface area contributed by atoms with Gasteiger partial charge in [0.2, 0.25) is 10.0 Å². The number of hydrogen-bond acceptors (Lipinski definition) is 3. The zero-order valence-electron chi connectivity index (χ0n) is 10.5. The van der Waals surface area contributed by atoms with Crippen molar-refractivity contribution < 1.29 is 18.3 Å². The summed E-state index contributed by atoms with van der Waals surface area (Å²) in [6, 6.07) is 0. The molecule has 1 aliphatic rings. The van der Waals surface area contributed by atoms with Gasteiger partial charge in [0.1, 0.15) is 0 Å². The SMILES string of the molecule is CC1(C)CCCN(S(=O)(=O)CCCC(=O)O)C1. The monoisotopic (exact) mass is 263 g/mol. The lowest BCUT2D eigenvalue weighted by Gasteiger charge is -2.37. The molecular formula is C11H21NO4S. The minimum atomic E-state index is -3.28. The first-order valence-electron chi connectivity index (χ1n) is 5.93. The third-order valence-electron chi connectivity index (χ3n) is 3.05. The lowest BCUT2D eigenvalue weighted by Crippen LogP contribution is -2.44. The number of rotatable bonds is 5. The van der Waals surface area contributed by atoms with Crippen LogP contribution >= 0.6 is 0 Å². The van der Waals surface area contributed by atoms with Crippen LogP contribution in [0.1, 0.15) is 39.5 Å². The van der Waals surface area contributed by atoms with Crippen molar-refractivity contribution in [3.8, 4) is 0 Å². The molecule has 0 aliphatic carbocycles. The zero-order chi connectivity index (χ0) is 13.1. The molecule has 0 aromatic heterocycles. The number of carbonyl (C=O) groups is 1. The summed E-state index contributed by atoms with van der Waals surface area (Å²) < 4.78 is 25.5. The highest BCUT2D eigenvalue weighted by molar-refractivity contribution is 7.89. The van der Waals surface area contributed by atoms with Gasteiger partial charge in [-0.15, -0.1) is 0 Å². The number of aliphatic carboxylic acids is 1. The minimum absolute atomic E-state index is 0.0259. The van der Waals surface area contributed by atoms with Gasteiger partial charge in [0, 0.05) is 19.5 Å². The molecule has 0 aromatic rings. The third kappa shape index (κ3) is 4.63. The van der Waals surface area contributed by atoms with Gasteiger partial charge in [-0.25, -0.2) is 12.7 Å². The summed E-state index contributed by atoms with van der Waals surface area (Å²) in [5.41, 5.74) is 0.0259. The highest BCUT2D eigenvalue weighted by Crippen LogP contribution is 2.30. The maximum Gasteiger partial charge on any atom is 0.303 e. The van der Waals surface area contributed by atoms with Crippen LogP contribution in [0.4, 0.5) is 0 Å². The van der Waals surface area contributed by atoms with Crippen molar-refractivity contribution in [3.63, 3.8) is 0 Å². The average Bonchev–Trinajstić information content (AvgIpc) is 2.15. The third-order valence-corrected chi connectivity index (χ3v) is 4.95. The molecule has 17 heavy (non-hydrogen) atoms. The van der Waals surface area contributed by atoms with Gasteiger partial charge in [0.05, 0.1) is 5.75 Å². The zero-order valence-corrected chi connectivity index (χ0v) is 11.3. The van der Waals surface area contributed by atoms with E-state index in [0.717, 1.165) is 12.8 Å². The molecule has 6 heteroatoms. The number of carboxylic acid groups (broad SMARTS) is 1. The second-order valence-corrected chi connectivity index (χ2v) is 7.50. The van der Waals surface area contributed by atoms with Gasteiger partial charge in [0.25, 0.3) is 0 Å². The van der Waals surface area contributed by atoms with Gasteiger partial charge >= 0.3 is 5.97 Å². The number of piperidine rings is 1. The van der Waals surface area contributed by atoms with Crippen LogP contribution in [-0.2, 0) is 14.8 Å². The van der Waals surface area contributed by atoms with E-state index in [9.17, 15) is 13.2 Å². The van der Waals surface area contributed by atoms with Crippen LogP contribution < -0.4 is 0 Å². The van der Waals surface area contributed by atoms with E-state index in [1.807, 2.05) is 0 Å². The Hall–Kier alpha value is -0.620. The lowest BCUT2D eigenvalue weighted by molar-refractivity contribution is -0.137. The van der Waals surface area contributed by atoms with Gasteiger partial charge in [-0.2, -0.15) is 0 Å². The second kappa shape index (κ2) is 5.35. The van der Waals surface area contributed by atoms with Crippen LogP contribution in [0.15, 0.2) is 0 Å². The van der Waals surface area contributed by atoms with E-state index in [2.05, 4.69) is 13.8 Å². The first kappa shape index (κ1) is 14.4. The number of sulfonamides is 1. The standard InChI is InChI=1S/C11H21NO4S/c1-11(2)6-4-7-12(9-11)17(15,16)8-3-5-10(13)14/h3-9H2,1-2H3,(H,13,14). The van der Waals surface area contributed by atoms with Crippen molar-refractivity contribution >= 4 is 16.0 Å². The van der Waals surface area contributed by atoms with Crippen LogP contribution in [0.3, 0.4) is 0 Å². The van der Waals surface area contributed by atoms with Crippen LogP contribution in [0.25, 0.3) is 0 Å². The molecule has 1 fully saturated rings. The van der Waals surface area contributed by atoms with Crippen LogP contribution in [-0.4, -0.2) is 42.6 Å². The molecular weight excluding hydrogens is 242 g/mol. The molecule has 1 N–H and O–H groups in total. The summed E-state index contributed by atoms with van der Waals surface area (Å²) in [5, 5.41) is 8.50. The molecule has 0 aromatic carbocycles. The molecule has 1 rings (SSSR count). The Bertz CT molecular complexity index is 375. The summed E-state index contributed by atoms with van der Waals surface area (Å²) in [4.78, 5) is 10.4. The van der Waals surface area contributed by atoms with Crippen molar-refractivity contribution in [2.24, 2.45) is 5.41 Å². The Kier molecular flexibility index (Phi) is 4.55. The topological polar surface area (TPSA) is 74.7 Å². The smallest absolute Gasteiger partial charge is 0.303 e. The predicted octanol–water partition coefficient (Wildman–Crippen LogP) is 1.30. The van der Waals surface area contributed by atoms with Crippen molar-refractivity contribution in [1.82, 2.24) is 4.31 Å². The molecule has 1 aliphatic heterocycles. The Labute approximate surface area is 103 Å². The molecule has 0 unspecified atom stereocenters. The lowest BCUT2D eigenvalue weighted by atomic mass is 9.85. The van der Waals surface area contributed by atoms with Crippen molar-refractivity contribution in [1.29, 1.82) is 0 Å². The average molecular weight is 263 g/mol. The summed E-state index contributed by atoms with van der Waals surface area (Å²) in [6.07, 6.45) is 2.02. The highest BCUT2D eigenvalue weighted by atomic mass is 32.2. The molecule has 0 amide bonds. The van der Waals surface area contributed by atoms with Crippen molar-refractivity contribution in [3.05, 3.63) is 0 Å². The van der Waals surface area contributed by atoms with Crippen LogP contribution in [0, 0.1) is 5.41 Å². The van der Waals surface area contributed by atoms with Gasteiger partial charge < -0.3 is 5.11 Å². The van der Waals surface area contributed by atoms with Gasteiger partial charge in [0.15, 0.2) is 0 Å². The quantitative estimate of drug-likeness (QED) is 0.811. The number of nitrogens with zero attached hydrogens (tertiary/aromatic N) is 1. The summed E-state index contributed by atoms with van der Waals surface area (Å²) in [6.45, 7) is 5.24.